The Kier molecular flexibility index (Phi) is 4.37. The third kappa shape index (κ3) is 3.28. The Balaban J connectivity index is 2.34. The fourth-order valence-electron chi connectivity index (χ4n) is 1.79. The van der Waals surface area contributed by atoms with Gasteiger partial charge in [-0.3, -0.25) is 4.79 Å². The predicted molar refractivity (Wildman–Crippen MR) is 82.7 cm³/mol. The van der Waals surface area contributed by atoms with Gasteiger partial charge in [0.05, 0.1) is 7.11 Å². The highest BCUT2D eigenvalue weighted by molar-refractivity contribution is 7.17. The number of Topliss-reactive ketones (excluding diaryl/α,β-unsaturated/α-hetero) is 1. The fourth-order valence-corrected chi connectivity index (χ4v) is 2.66. The summed E-state index contributed by atoms with van der Waals surface area (Å²) in [6, 6.07) is 5.91. The van der Waals surface area contributed by atoms with Crippen molar-refractivity contribution in [2.75, 3.05) is 12.4 Å². The number of hydrogen-bond donors (Lipinski definition) is 1. The van der Waals surface area contributed by atoms with Gasteiger partial charge in [0, 0.05) is 12.6 Å². The standard InChI is InChI=1S/C15H16N2O3S/c1-8-5-6-11(7-9(8)2)16-15-17-12(14(19)20-4)13(21-15)10(3)18/h5-7H,1-4H3,(H,16,17). The van der Waals surface area contributed by atoms with E-state index in [0.717, 1.165) is 22.6 Å². The van der Waals surface area contributed by atoms with Crippen LogP contribution in [0.3, 0.4) is 0 Å². The predicted octanol–water partition coefficient (Wildman–Crippen LogP) is 3.49. The summed E-state index contributed by atoms with van der Waals surface area (Å²) in [5.41, 5.74) is 3.26. The third-order valence-electron chi connectivity index (χ3n) is 3.08. The molecule has 0 aliphatic heterocycles. The number of anilines is 2. The van der Waals surface area contributed by atoms with E-state index in [1.165, 1.54) is 19.6 Å². The zero-order valence-corrected chi connectivity index (χ0v) is 13.1. The molecule has 1 heterocycles. The topological polar surface area (TPSA) is 68.3 Å². The Labute approximate surface area is 127 Å². The number of esters is 1. The lowest BCUT2D eigenvalue weighted by molar-refractivity contribution is 0.0591. The monoisotopic (exact) mass is 304 g/mol. The van der Waals surface area contributed by atoms with Crippen LogP contribution < -0.4 is 5.32 Å². The number of aryl methyl sites for hydroxylation is 2. The van der Waals surface area contributed by atoms with Crippen LogP contribution >= 0.6 is 11.3 Å². The van der Waals surface area contributed by atoms with Gasteiger partial charge in [-0.25, -0.2) is 9.78 Å². The van der Waals surface area contributed by atoms with Crippen molar-refractivity contribution < 1.29 is 14.3 Å². The second kappa shape index (κ2) is 6.05. The third-order valence-corrected chi connectivity index (χ3v) is 4.16. The molecule has 110 valence electrons. The minimum Gasteiger partial charge on any atom is -0.464 e. The van der Waals surface area contributed by atoms with Crippen molar-refractivity contribution in [1.82, 2.24) is 4.98 Å². The molecule has 0 saturated heterocycles. The first-order valence-electron chi connectivity index (χ1n) is 6.36. The molecule has 0 atom stereocenters. The summed E-state index contributed by atoms with van der Waals surface area (Å²) in [6.07, 6.45) is 0. The zero-order valence-electron chi connectivity index (χ0n) is 12.3. The van der Waals surface area contributed by atoms with E-state index in [4.69, 9.17) is 0 Å². The van der Waals surface area contributed by atoms with E-state index in [1.54, 1.807) is 0 Å². The van der Waals surface area contributed by atoms with Gasteiger partial charge in [-0.2, -0.15) is 0 Å². The first-order chi connectivity index (χ1) is 9.92. The van der Waals surface area contributed by atoms with Crippen molar-refractivity contribution in [3.63, 3.8) is 0 Å². The Hall–Kier alpha value is -2.21. The molecule has 0 fully saturated rings. The van der Waals surface area contributed by atoms with E-state index < -0.39 is 5.97 Å². The Morgan fingerprint density at radius 1 is 1.24 bits per heavy atom. The number of aromatic nitrogens is 1. The molecule has 1 N–H and O–H groups in total. The lowest BCUT2D eigenvalue weighted by Crippen LogP contribution is -2.07. The number of nitrogens with zero attached hydrogens (tertiary/aromatic N) is 1. The average Bonchev–Trinajstić information content (AvgIpc) is 2.86. The number of ketones is 1. The van der Waals surface area contributed by atoms with Gasteiger partial charge in [-0.15, -0.1) is 0 Å². The van der Waals surface area contributed by atoms with Crippen LogP contribution in [0, 0.1) is 13.8 Å². The zero-order chi connectivity index (χ0) is 15.6. The van der Waals surface area contributed by atoms with E-state index in [0.29, 0.717) is 10.0 Å². The molecule has 0 unspecified atom stereocenters. The molecular weight excluding hydrogens is 288 g/mol. The van der Waals surface area contributed by atoms with Crippen LogP contribution in [0.4, 0.5) is 10.8 Å². The minimum absolute atomic E-state index is 0.0568. The molecule has 5 nitrogen and oxygen atoms in total. The van der Waals surface area contributed by atoms with Gasteiger partial charge in [0.1, 0.15) is 4.88 Å². The normalized spacial score (nSPS) is 10.3. The summed E-state index contributed by atoms with van der Waals surface area (Å²) in [4.78, 5) is 27.7. The maximum absolute atomic E-state index is 11.6. The molecule has 0 saturated carbocycles. The highest BCUT2D eigenvalue weighted by Gasteiger charge is 2.21. The number of hydrogen-bond acceptors (Lipinski definition) is 6. The number of carbonyl (C=O) groups excluding carboxylic acids is 2. The van der Waals surface area contributed by atoms with Gasteiger partial charge < -0.3 is 10.1 Å². The molecule has 6 heteroatoms. The van der Waals surface area contributed by atoms with Gasteiger partial charge >= 0.3 is 5.97 Å². The van der Waals surface area contributed by atoms with Gasteiger partial charge in [0.25, 0.3) is 0 Å². The molecule has 1 aromatic carbocycles. The Morgan fingerprint density at radius 3 is 2.52 bits per heavy atom. The largest absolute Gasteiger partial charge is 0.464 e. The maximum Gasteiger partial charge on any atom is 0.358 e. The summed E-state index contributed by atoms with van der Waals surface area (Å²) in [5.74, 6) is -0.814. The van der Waals surface area contributed by atoms with E-state index in [2.05, 4.69) is 15.0 Å². The van der Waals surface area contributed by atoms with Crippen LogP contribution in [-0.4, -0.2) is 23.8 Å². The maximum atomic E-state index is 11.6. The average molecular weight is 304 g/mol. The number of nitrogens with one attached hydrogen (secondary N) is 1. The van der Waals surface area contributed by atoms with Gasteiger partial charge in [-0.1, -0.05) is 17.4 Å². The van der Waals surface area contributed by atoms with Crippen molar-refractivity contribution in [1.29, 1.82) is 0 Å². The quantitative estimate of drug-likeness (QED) is 0.691. The van der Waals surface area contributed by atoms with Crippen molar-refractivity contribution in [2.45, 2.75) is 20.8 Å². The van der Waals surface area contributed by atoms with Crippen LogP contribution in [0.1, 0.15) is 38.2 Å². The fraction of sp³-hybridized carbons (Fsp3) is 0.267. The first kappa shape index (κ1) is 15.2. The van der Waals surface area contributed by atoms with Crippen LogP contribution in [-0.2, 0) is 4.74 Å². The van der Waals surface area contributed by atoms with Gasteiger partial charge in [-0.05, 0) is 37.1 Å². The number of thiazole rings is 1. The number of rotatable bonds is 4. The Bertz CT molecular complexity index is 707. The molecule has 0 aliphatic carbocycles. The Morgan fingerprint density at radius 2 is 1.95 bits per heavy atom. The van der Waals surface area contributed by atoms with Gasteiger partial charge in [0.15, 0.2) is 16.6 Å². The van der Waals surface area contributed by atoms with Crippen molar-refractivity contribution in [2.24, 2.45) is 0 Å². The van der Waals surface area contributed by atoms with Crippen molar-refractivity contribution in [3.8, 4) is 0 Å². The first-order valence-corrected chi connectivity index (χ1v) is 7.18. The molecular formula is C15H16N2O3S. The number of carbonyl (C=O) groups is 2. The number of ether oxygens (including phenoxy) is 1. The smallest absolute Gasteiger partial charge is 0.358 e. The second-order valence-electron chi connectivity index (χ2n) is 4.67. The molecule has 0 aliphatic rings. The molecule has 21 heavy (non-hydrogen) atoms. The van der Waals surface area contributed by atoms with E-state index >= 15 is 0 Å². The lowest BCUT2D eigenvalue weighted by Gasteiger charge is -2.05. The van der Waals surface area contributed by atoms with Crippen LogP contribution in [0.15, 0.2) is 18.2 Å². The minimum atomic E-state index is -0.607. The van der Waals surface area contributed by atoms with E-state index in [9.17, 15) is 9.59 Å². The van der Waals surface area contributed by atoms with Crippen molar-refractivity contribution >= 4 is 33.9 Å². The molecule has 0 bridgehead atoms. The molecule has 1 aromatic heterocycles. The summed E-state index contributed by atoms with van der Waals surface area (Å²) < 4.78 is 4.65. The molecule has 0 amide bonds. The summed E-state index contributed by atoms with van der Waals surface area (Å²) in [7, 11) is 1.27. The molecule has 2 rings (SSSR count). The summed E-state index contributed by atoms with van der Waals surface area (Å²) >= 11 is 1.14. The lowest BCUT2D eigenvalue weighted by atomic mass is 10.1. The molecule has 0 spiro atoms. The van der Waals surface area contributed by atoms with Crippen LogP contribution in [0.5, 0.6) is 0 Å². The number of methoxy groups -OCH3 is 1. The molecule has 2 aromatic rings. The highest BCUT2D eigenvalue weighted by atomic mass is 32.1. The van der Waals surface area contributed by atoms with Crippen LogP contribution in [0.25, 0.3) is 0 Å². The van der Waals surface area contributed by atoms with Gasteiger partial charge in [0.2, 0.25) is 0 Å². The SMILES string of the molecule is COC(=O)c1nc(Nc2ccc(C)c(C)c2)sc1C(C)=O. The summed E-state index contributed by atoms with van der Waals surface area (Å²) in [6.45, 7) is 5.45. The number of benzene rings is 1. The van der Waals surface area contributed by atoms with Crippen LogP contribution in [0.2, 0.25) is 0 Å². The highest BCUT2D eigenvalue weighted by Crippen LogP contribution is 2.27. The summed E-state index contributed by atoms with van der Waals surface area (Å²) in [5, 5.41) is 3.60. The van der Waals surface area contributed by atoms with E-state index in [1.807, 2.05) is 32.0 Å². The van der Waals surface area contributed by atoms with Crippen molar-refractivity contribution in [3.05, 3.63) is 39.9 Å². The van der Waals surface area contributed by atoms with E-state index in [-0.39, 0.29) is 11.5 Å². The second-order valence-corrected chi connectivity index (χ2v) is 5.67. The molecule has 0 radical (unpaired) electrons.